The van der Waals surface area contributed by atoms with E-state index in [9.17, 15) is 9.36 Å². The number of carbonyl (C=O) groups is 1. The number of phosphoric acid groups is 1. The number of nitrogens with one attached hydrogen (secondary N) is 1. The van der Waals surface area contributed by atoms with Gasteiger partial charge in [0, 0.05) is 12.5 Å². The Morgan fingerprint density at radius 2 is 1.43 bits per heavy atom. The lowest BCUT2D eigenvalue weighted by atomic mass is 10.1. The van der Waals surface area contributed by atoms with Gasteiger partial charge in [0.15, 0.2) is 0 Å². The Labute approximate surface area is 171 Å². The van der Waals surface area contributed by atoms with Crippen molar-refractivity contribution >= 4 is 13.7 Å². The van der Waals surface area contributed by atoms with Gasteiger partial charge in [0.25, 0.3) is 0 Å². The fourth-order valence-electron chi connectivity index (χ4n) is 2.95. The second kappa shape index (κ2) is 18.4. The first-order chi connectivity index (χ1) is 13.3. The highest BCUT2D eigenvalue weighted by atomic mass is 31.2. The monoisotopic (exact) mass is 419 g/mol. The second-order valence-electron chi connectivity index (χ2n) is 7.59. The maximum absolute atomic E-state index is 11.7. The molecule has 0 aliphatic carbocycles. The fraction of sp³-hybridized carbons (Fsp3) is 0.857. The minimum absolute atomic E-state index is 0.0977. The molecule has 0 rings (SSSR count). The topological polar surface area (TPSA) is 95.9 Å². The van der Waals surface area contributed by atoms with Gasteiger partial charge in [-0.2, -0.15) is 0 Å². The lowest BCUT2D eigenvalue weighted by Gasteiger charge is -2.14. The Morgan fingerprint density at radius 3 is 1.96 bits per heavy atom. The van der Waals surface area contributed by atoms with E-state index in [4.69, 9.17) is 9.79 Å². The quantitative estimate of drug-likeness (QED) is 0.143. The highest BCUT2D eigenvalue weighted by molar-refractivity contribution is 7.46. The molecule has 1 atom stereocenters. The van der Waals surface area contributed by atoms with E-state index in [-0.39, 0.29) is 12.5 Å². The number of amides is 1. The zero-order chi connectivity index (χ0) is 21.1. The summed E-state index contributed by atoms with van der Waals surface area (Å²) in [6.45, 7) is 3.72. The summed E-state index contributed by atoms with van der Waals surface area (Å²) in [5.74, 6) is -0.0977. The third-order valence-corrected chi connectivity index (χ3v) is 5.05. The van der Waals surface area contributed by atoms with Crippen molar-refractivity contribution in [3.05, 3.63) is 12.2 Å². The first-order valence-corrected chi connectivity index (χ1v) is 12.5. The summed E-state index contributed by atoms with van der Waals surface area (Å²) in [6, 6.07) is -0.414. The van der Waals surface area contributed by atoms with Gasteiger partial charge in [-0.15, -0.1) is 0 Å². The van der Waals surface area contributed by atoms with E-state index in [1.54, 1.807) is 6.92 Å². The summed E-state index contributed by atoms with van der Waals surface area (Å²) in [7, 11) is -4.47. The van der Waals surface area contributed by atoms with E-state index in [1.807, 2.05) is 0 Å². The average molecular weight is 420 g/mol. The zero-order valence-corrected chi connectivity index (χ0v) is 18.8. The van der Waals surface area contributed by atoms with Crippen LogP contribution in [0.3, 0.4) is 0 Å². The highest BCUT2D eigenvalue weighted by Crippen LogP contribution is 2.35. The molecule has 0 aromatic heterocycles. The molecule has 166 valence electrons. The van der Waals surface area contributed by atoms with Gasteiger partial charge in [0.1, 0.15) is 0 Å². The summed E-state index contributed by atoms with van der Waals surface area (Å²) < 4.78 is 15.0. The number of hydrogen-bond donors (Lipinski definition) is 3. The number of carbonyl (C=O) groups excluding carboxylic acids is 1. The molecule has 0 radical (unpaired) electrons. The van der Waals surface area contributed by atoms with Crippen LogP contribution >= 0.6 is 7.82 Å². The number of rotatable bonds is 19. The van der Waals surface area contributed by atoms with Crippen molar-refractivity contribution in [2.24, 2.45) is 0 Å². The van der Waals surface area contributed by atoms with Crippen LogP contribution in [0, 0.1) is 0 Å². The lowest BCUT2D eigenvalue weighted by molar-refractivity contribution is -0.122. The van der Waals surface area contributed by atoms with E-state index in [2.05, 4.69) is 28.9 Å². The lowest BCUT2D eigenvalue weighted by Crippen LogP contribution is -2.35. The minimum Gasteiger partial charge on any atom is -0.351 e. The number of hydrogen-bond acceptors (Lipinski definition) is 3. The predicted octanol–water partition coefficient (Wildman–Crippen LogP) is 5.64. The van der Waals surface area contributed by atoms with Gasteiger partial charge in [-0.05, 0) is 39.0 Å². The van der Waals surface area contributed by atoms with Gasteiger partial charge in [-0.1, -0.05) is 70.4 Å². The predicted molar refractivity (Wildman–Crippen MR) is 115 cm³/mol. The molecular formula is C21H42NO5P. The molecule has 0 saturated heterocycles. The normalized spacial score (nSPS) is 13.1. The molecule has 0 saturated carbocycles. The molecule has 0 aromatic carbocycles. The second-order valence-corrected chi connectivity index (χ2v) is 8.83. The summed E-state index contributed by atoms with van der Waals surface area (Å²) >= 11 is 0. The molecule has 1 amide bonds. The summed E-state index contributed by atoms with van der Waals surface area (Å²) in [5.41, 5.74) is 0. The van der Waals surface area contributed by atoms with Crippen LogP contribution in [0.15, 0.2) is 12.2 Å². The molecule has 0 unspecified atom stereocenters. The summed E-state index contributed by atoms with van der Waals surface area (Å²) in [4.78, 5) is 29.0. The first-order valence-electron chi connectivity index (χ1n) is 11.0. The van der Waals surface area contributed by atoms with Crippen LogP contribution in [-0.2, 0) is 13.9 Å². The Kier molecular flexibility index (Phi) is 17.9. The Morgan fingerprint density at radius 1 is 0.929 bits per heavy atom. The minimum atomic E-state index is -4.47. The van der Waals surface area contributed by atoms with Crippen LogP contribution in [0.2, 0.25) is 0 Å². The van der Waals surface area contributed by atoms with Crippen LogP contribution in [0.25, 0.3) is 0 Å². The maximum atomic E-state index is 11.7. The molecule has 0 bridgehead atoms. The van der Waals surface area contributed by atoms with Crippen LogP contribution in [0.5, 0.6) is 0 Å². The van der Waals surface area contributed by atoms with E-state index in [0.29, 0.717) is 6.42 Å². The van der Waals surface area contributed by atoms with Crippen molar-refractivity contribution in [1.29, 1.82) is 0 Å². The van der Waals surface area contributed by atoms with Gasteiger partial charge in [0.05, 0.1) is 6.61 Å². The molecule has 0 fully saturated rings. The van der Waals surface area contributed by atoms with Gasteiger partial charge in [-0.25, -0.2) is 4.57 Å². The van der Waals surface area contributed by atoms with Gasteiger partial charge < -0.3 is 15.1 Å². The van der Waals surface area contributed by atoms with E-state index in [1.165, 1.54) is 57.8 Å². The van der Waals surface area contributed by atoms with Crippen LogP contribution < -0.4 is 5.32 Å². The average Bonchev–Trinajstić information content (AvgIpc) is 2.62. The molecular weight excluding hydrogens is 377 g/mol. The molecule has 3 N–H and O–H groups in total. The number of allylic oxidation sites excluding steroid dienone is 2. The fourth-order valence-corrected chi connectivity index (χ4v) is 3.37. The molecule has 0 spiro atoms. The van der Waals surface area contributed by atoms with E-state index < -0.39 is 13.9 Å². The summed E-state index contributed by atoms with van der Waals surface area (Å²) in [6.07, 6.45) is 20.9. The standard InChI is InChI=1S/C21H42NO5P/c1-3-4-5-6-7-8-9-10-11-12-13-14-15-16-17-18-21(23)22-20(2)19-27-28(24,25)26/h10-11,20H,3-9,12-19H2,1-2H3,(H,22,23)(H2,24,25,26)/t20-/m1/s1. The Balaban J connectivity index is 3.39. The Hall–Kier alpha value is -0.680. The van der Waals surface area contributed by atoms with Crippen molar-refractivity contribution in [1.82, 2.24) is 5.32 Å². The van der Waals surface area contributed by atoms with E-state index in [0.717, 1.165) is 25.7 Å². The van der Waals surface area contributed by atoms with E-state index >= 15 is 0 Å². The van der Waals surface area contributed by atoms with Crippen molar-refractivity contribution < 1.29 is 23.7 Å². The number of phosphoric ester groups is 1. The third-order valence-electron chi connectivity index (χ3n) is 4.57. The first kappa shape index (κ1) is 27.3. The largest absolute Gasteiger partial charge is 0.469 e. The molecule has 0 aliphatic rings. The van der Waals surface area contributed by atoms with Gasteiger partial charge >= 0.3 is 7.82 Å². The van der Waals surface area contributed by atoms with Crippen LogP contribution in [-0.4, -0.2) is 28.3 Å². The van der Waals surface area contributed by atoms with Crippen LogP contribution in [0.4, 0.5) is 0 Å². The van der Waals surface area contributed by atoms with Crippen molar-refractivity contribution in [3.63, 3.8) is 0 Å². The molecule has 28 heavy (non-hydrogen) atoms. The third kappa shape index (κ3) is 21.6. The van der Waals surface area contributed by atoms with Gasteiger partial charge in [-0.3, -0.25) is 9.32 Å². The molecule has 0 heterocycles. The van der Waals surface area contributed by atoms with Crippen molar-refractivity contribution in [3.8, 4) is 0 Å². The zero-order valence-electron chi connectivity index (χ0n) is 17.9. The number of unbranched alkanes of at least 4 members (excludes halogenated alkanes) is 11. The maximum Gasteiger partial charge on any atom is 0.469 e. The SMILES string of the molecule is CCCCCCCCC=CCCCCCCCC(=O)N[C@H](C)COP(=O)(O)O. The smallest absolute Gasteiger partial charge is 0.351 e. The molecule has 7 heteroatoms. The highest BCUT2D eigenvalue weighted by Gasteiger charge is 2.16. The van der Waals surface area contributed by atoms with Crippen LogP contribution in [0.1, 0.15) is 104 Å². The molecule has 0 aromatic rings. The van der Waals surface area contributed by atoms with Crippen molar-refractivity contribution in [2.45, 2.75) is 110 Å². The summed E-state index contributed by atoms with van der Waals surface area (Å²) in [5, 5.41) is 2.69. The Bertz CT molecular complexity index is 450. The molecule has 6 nitrogen and oxygen atoms in total. The van der Waals surface area contributed by atoms with Gasteiger partial charge in [0.2, 0.25) is 5.91 Å². The van der Waals surface area contributed by atoms with Crippen molar-refractivity contribution in [2.75, 3.05) is 6.61 Å². The molecule has 0 aliphatic heterocycles.